The number of aliphatic hydroxyl groups is 1. The number of rotatable bonds is 10. The van der Waals surface area contributed by atoms with Gasteiger partial charge in [-0.15, -0.1) is 0 Å². The average Bonchev–Trinajstić information content (AvgIpc) is 2.20. The van der Waals surface area contributed by atoms with Crippen LogP contribution in [0.1, 0.15) is 6.42 Å². The first-order valence-electron chi connectivity index (χ1n) is 5.20. The molecule has 0 fully saturated rings. The van der Waals surface area contributed by atoms with Crippen LogP contribution >= 0.6 is 0 Å². The van der Waals surface area contributed by atoms with E-state index in [0.29, 0.717) is 32.8 Å². The van der Waals surface area contributed by atoms with Crippen molar-refractivity contribution in [3.8, 4) is 0 Å². The largest absolute Gasteiger partial charge is 0.481 e. The van der Waals surface area contributed by atoms with E-state index in [4.69, 9.17) is 14.6 Å². The number of carboxylic acid groups (broad SMARTS) is 1. The molecule has 2 N–H and O–H groups in total. The molecule has 0 rings (SSSR count). The second-order valence-electron chi connectivity index (χ2n) is 3.54. The lowest BCUT2D eigenvalue weighted by Crippen LogP contribution is -2.37. The summed E-state index contributed by atoms with van der Waals surface area (Å²) in [7, 11) is 3.20. The first-order valence-corrected chi connectivity index (χ1v) is 5.20. The Morgan fingerprint density at radius 2 is 1.75 bits per heavy atom. The van der Waals surface area contributed by atoms with Crippen LogP contribution in [0.3, 0.4) is 0 Å². The lowest BCUT2D eigenvalue weighted by Gasteiger charge is -2.23. The number of hydrogen-bond donors (Lipinski definition) is 2. The number of aliphatic hydroxyl groups excluding tert-OH is 1. The Bertz CT molecular complexity index is 180. The fraction of sp³-hybridized carbons (Fsp3) is 0.900. The molecule has 96 valence electrons. The molecule has 0 aliphatic rings. The van der Waals surface area contributed by atoms with Crippen molar-refractivity contribution in [2.45, 2.75) is 12.5 Å². The predicted octanol–water partition coefficient (Wildman–Crippen LogP) is -0.583. The van der Waals surface area contributed by atoms with Gasteiger partial charge in [0, 0.05) is 33.9 Å². The standard InChI is InChI=1S/C10H21NO5/c1-15-5-3-11(4-6-16-2)8-9(12)7-10(13)14/h9,12H,3-8H2,1-2H3,(H,13,14). The molecule has 0 saturated heterocycles. The molecule has 16 heavy (non-hydrogen) atoms. The number of carbonyl (C=O) groups is 1. The van der Waals surface area contributed by atoms with Crippen LogP contribution in [0.25, 0.3) is 0 Å². The van der Waals surface area contributed by atoms with Gasteiger partial charge in [0.1, 0.15) is 0 Å². The molecule has 6 nitrogen and oxygen atoms in total. The minimum Gasteiger partial charge on any atom is -0.481 e. The third-order valence-electron chi connectivity index (χ3n) is 2.10. The number of ether oxygens (including phenoxy) is 2. The Labute approximate surface area is 95.8 Å². The Balaban J connectivity index is 3.91. The van der Waals surface area contributed by atoms with Gasteiger partial charge in [-0.05, 0) is 0 Å². The van der Waals surface area contributed by atoms with Crippen molar-refractivity contribution in [2.24, 2.45) is 0 Å². The highest BCUT2D eigenvalue weighted by Gasteiger charge is 2.14. The molecule has 0 aliphatic heterocycles. The van der Waals surface area contributed by atoms with Crippen molar-refractivity contribution < 1.29 is 24.5 Å². The van der Waals surface area contributed by atoms with Crippen molar-refractivity contribution in [1.82, 2.24) is 4.90 Å². The molecule has 0 radical (unpaired) electrons. The molecule has 0 heterocycles. The van der Waals surface area contributed by atoms with Crippen LogP contribution in [-0.4, -0.2) is 74.3 Å². The Kier molecular flexibility index (Phi) is 9.12. The Hall–Kier alpha value is -0.690. The van der Waals surface area contributed by atoms with Crippen LogP contribution < -0.4 is 0 Å². The molecule has 0 spiro atoms. The number of nitrogens with zero attached hydrogens (tertiary/aromatic N) is 1. The SMILES string of the molecule is COCCN(CCOC)CC(O)CC(=O)O. The third-order valence-corrected chi connectivity index (χ3v) is 2.10. The van der Waals surface area contributed by atoms with Crippen LogP contribution in [0.4, 0.5) is 0 Å². The first-order chi connectivity index (χ1) is 7.60. The number of methoxy groups -OCH3 is 2. The van der Waals surface area contributed by atoms with Crippen molar-refractivity contribution in [3.05, 3.63) is 0 Å². The highest BCUT2D eigenvalue weighted by atomic mass is 16.5. The van der Waals surface area contributed by atoms with Crippen LogP contribution in [0.2, 0.25) is 0 Å². The summed E-state index contributed by atoms with van der Waals surface area (Å²) in [6, 6.07) is 0. The molecular formula is C10H21NO5. The molecule has 0 aromatic rings. The summed E-state index contributed by atoms with van der Waals surface area (Å²) in [6.07, 6.45) is -1.09. The monoisotopic (exact) mass is 235 g/mol. The summed E-state index contributed by atoms with van der Waals surface area (Å²) < 4.78 is 9.87. The zero-order chi connectivity index (χ0) is 12.4. The van der Waals surface area contributed by atoms with Crippen molar-refractivity contribution in [1.29, 1.82) is 0 Å². The normalized spacial score (nSPS) is 13.0. The number of hydrogen-bond acceptors (Lipinski definition) is 5. The predicted molar refractivity (Wildman–Crippen MR) is 58.5 cm³/mol. The lowest BCUT2D eigenvalue weighted by atomic mass is 10.2. The molecule has 0 amide bonds. The molecule has 1 unspecified atom stereocenters. The van der Waals surface area contributed by atoms with Gasteiger partial charge >= 0.3 is 5.97 Å². The number of aliphatic carboxylic acids is 1. The second-order valence-corrected chi connectivity index (χ2v) is 3.54. The molecular weight excluding hydrogens is 214 g/mol. The van der Waals surface area contributed by atoms with Crippen LogP contribution in [0.15, 0.2) is 0 Å². The fourth-order valence-corrected chi connectivity index (χ4v) is 1.30. The zero-order valence-corrected chi connectivity index (χ0v) is 9.89. The highest BCUT2D eigenvalue weighted by Crippen LogP contribution is 1.97. The van der Waals surface area contributed by atoms with E-state index in [2.05, 4.69) is 0 Å². The van der Waals surface area contributed by atoms with Crippen LogP contribution in [0, 0.1) is 0 Å². The van der Waals surface area contributed by atoms with Gasteiger partial charge in [-0.2, -0.15) is 0 Å². The molecule has 0 aromatic carbocycles. The maximum Gasteiger partial charge on any atom is 0.306 e. The smallest absolute Gasteiger partial charge is 0.306 e. The second kappa shape index (κ2) is 9.53. The van der Waals surface area contributed by atoms with E-state index in [1.165, 1.54) is 0 Å². The first kappa shape index (κ1) is 15.3. The van der Waals surface area contributed by atoms with Gasteiger partial charge in [-0.25, -0.2) is 0 Å². The molecule has 0 saturated carbocycles. The third kappa shape index (κ3) is 8.60. The van der Waals surface area contributed by atoms with E-state index in [0.717, 1.165) is 0 Å². The van der Waals surface area contributed by atoms with E-state index in [1.54, 1.807) is 14.2 Å². The molecule has 0 bridgehead atoms. The van der Waals surface area contributed by atoms with Crippen LogP contribution in [-0.2, 0) is 14.3 Å². The maximum atomic E-state index is 10.4. The van der Waals surface area contributed by atoms with Crippen molar-refractivity contribution in [2.75, 3.05) is 47.1 Å². The zero-order valence-electron chi connectivity index (χ0n) is 9.89. The molecule has 6 heteroatoms. The summed E-state index contributed by atoms with van der Waals surface area (Å²) in [6.45, 7) is 2.71. The molecule has 0 aromatic heterocycles. The van der Waals surface area contributed by atoms with Gasteiger partial charge in [-0.1, -0.05) is 0 Å². The minimum atomic E-state index is -0.995. The van der Waals surface area contributed by atoms with E-state index < -0.39 is 12.1 Å². The summed E-state index contributed by atoms with van der Waals surface area (Å²) in [5.41, 5.74) is 0. The van der Waals surface area contributed by atoms with Crippen molar-refractivity contribution in [3.63, 3.8) is 0 Å². The molecule has 0 aliphatic carbocycles. The van der Waals surface area contributed by atoms with Crippen molar-refractivity contribution >= 4 is 5.97 Å². The van der Waals surface area contributed by atoms with Gasteiger partial charge in [0.2, 0.25) is 0 Å². The quantitative estimate of drug-likeness (QED) is 0.527. The van der Waals surface area contributed by atoms with E-state index in [9.17, 15) is 9.90 Å². The summed E-state index contributed by atoms with van der Waals surface area (Å²) >= 11 is 0. The van der Waals surface area contributed by atoms with Gasteiger partial charge in [0.25, 0.3) is 0 Å². The van der Waals surface area contributed by atoms with E-state index in [-0.39, 0.29) is 6.42 Å². The highest BCUT2D eigenvalue weighted by molar-refractivity contribution is 5.67. The van der Waals surface area contributed by atoms with E-state index >= 15 is 0 Å². The van der Waals surface area contributed by atoms with E-state index in [1.807, 2.05) is 4.90 Å². The van der Waals surface area contributed by atoms with Gasteiger partial charge < -0.3 is 19.7 Å². The maximum absolute atomic E-state index is 10.4. The average molecular weight is 235 g/mol. The number of carboxylic acids is 1. The topological polar surface area (TPSA) is 79.2 Å². The van der Waals surface area contributed by atoms with Gasteiger partial charge in [0.05, 0.1) is 25.7 Å². The summed E-state index contributed by atoms with van der Waals surface area (Å²) in [5, 5.41) is 18.0. The lowest BCUT2D eigenvalue weighted by molar-refractivity contribution is -0.139. The minimum absolute atomic E-state index is 0.240. The van der Waals surface area contributed by atoms with Gasteiger partial charge in [-0.3, -0.25) is 9.69 Å². The summed E-state index contributed by atoms with van der Waals surface area (Å²) in [5.74, 6) is -0.995. The molecule has 1 atom stereocenters. The van der Waals surface area contributed by atoms with Gasteiger partial charge in [0.15, 0.2) is 0 Å². The Morgan fingerprint density at radius 1 is 1.25 bits per heavy atom. The fourth-order valence-electron chi connectivity index (χ4n) is 1.30. The summed E-state index contributed by atoms with van der Waals surface area (Å²) in [4.78, 5) is 12.3. The Morgan fingerprint density at radius 3 is 2.12 bits per heavy atom. The van der Waals surface area contributed by atoms with Crippen LogP contribution in [0.5, 0.6) is 0 Å².